The Morgan fingerprint density at radius 1 is 1.35 bits per heavy atom. The van der Waals surface area contributed by atoms with Crippen LogP contribution >= 0.6 is 0 Å². The van der Waals surface area contributed by atoms with Crippen LogP contribution in [0.1, 0.15) is 19.4 Å². The van der Waals surface area contributed by atoms with E-state index in [1.165, 1.54) is 6.07 Å². The van der Waals surface area contributed by atoms with E-state index < -0.39 is 0 Å². The first-order chi connectivity index (χ1) is 9.47. The van der Waals surface area contributed by atoms with Crippen molar-refractivity contribution in [2.45, 2.75) is 26.8 Å². The number of rotatable bonds is 4. The molecule has 1 atom stereocenters. The van der Waals surface area contributed by atoms with Gasteiger partial charge in [0, 0.05) is 23.9 Å². The Hall–Kier alpha value is -2.36. The van der Waals surface area contributed by atoms with Crippen LogP contribution in [0, 0.1) is 6.92 Å². The molecule has 0 amide bonds. The fraction of sp³-hybridized carbons (Fsp3) is 0.250. The molecular formula is C16H19N3O. The highest BCUT2D eigenvalue weighted by atomic mass is 16.1. The first kappa shape index (κ1) is 14.1. The van der Waals surface area contributed by atoms with Crippen LogP contribution < -0.4 is 10.9 Å². The number of pyridine rings is 2. The van der Waals surface area contributed by atoms with Crippen LogP contribution in [0.3, 0.4) is 0 Å². The lowest BCUT2D eigenvalue weighted by Crippen LogP contribution is -2.16. The lowest BCUT2D eigenvalue weighted by Gasteiger charge is -2.15. The predicted octanol–water partition coefficient (Wildman–Crippen LogP) is 3.12. The number of hydrogen-bond donors (Lipinski definition) is 2. The number of nitrogens with one attached hydrogen (secondary N) is 2. The average Bonchev–Trinajstić information content (AvgIpc) is 2.42. The van der Waals surface area contributed by atoms with E-state index in [0.29, 0.717) is 0 Å². The maximum Gasteiger partial charge on any atom is 0.247 e. The van der Waals surface area contributed by atoms with Crippen LogP contribution in [-0.4, -0.2) is 16.0 Å². The Morgan fingerprint density at radius 3 is 2.70 bits per heavy atom. The van der Waals surface area contributed by atoms with Gasteiger partial charge in [-0.15, -0.1) is 0 Å². The maximum absolute atomic E-state index is 11.1. The van der Waals surface area contributed by atoms with Gasteiger partial charge >= 0.3 is 0 Å². The van der Waals surface area contributed by atoms with Gasteiger partial charge < -0.3 is 10.3 Å². The van der Waals surface area contributed by atoms with Crippen molar-refractivity contribution in [1.82, 2.24) is 9.97 Å². The summed E-state index contributed by atoms with van der Waals surface area (Å²) in [4.78, 5) is 18.4. The van der Waals surface area contributed by atoms with Crippen LogP contribution in [0.25, 0.3) is 11.3 Å². The second kappa shape index (κ2) is 5.74. The molecule has 0 aliphatic rings. The smallest absolute Gasteiger partial charge is 0.247 e. The third kappa shape index (κ3) is 3.15. The summed E-state index contributed by atoms with van der Waals surface area (Å²) in [7, 11) is 0. The van der Waals surface area contributed by atoms with Gasteiger partial charge in [-0.1, -0.05) is 18.2 Å². The summed E-state index contributed by atoms with van der Waals surface area (Å²) in [6, 6.07) is 7.41. The molecule has 4 nitrogen and oxygen atoms in total. The lowest BCUT2D eigenvalue weighted by atomic mass is 10.1. The summed E-state index contributed by atoms with van der Waals surface area (Å²) in [5, 5.41) is 3.31. The molecule has 104 valence electrons. The molecule has 20 heavy (non-hydrogen) atoms. The summed E-state index contributed by atoms with van der Waals surface area (Å²) in [6.07, 6.45) is 1.68. The molecule has 0 saturated carbocycles. The summed E-state index contributed by atoms with van der Waals surface area (Å²) in [5.41, 5.74) is 3.76. The SMILES string of the molecule is C=C(C)[C@H](C)Nc1ccc(C)c(-c2ccc(=O)[nH]c2)n1. The Balaban J connectivity index is 2.36. The minimum atomic E-state index is -0.114. The third-order valence-corrected chi connectivity index (χ3v) is 3.26. The van der Waals surface area contributed by atoms with Crippen LogP contribution in [0.15, 0.2) is 47.4 Å². The van der Waals surface area contributed by atoms with Crippen LogP contribution in [-0.2, 0) is 0 Å². The van der Waals surface area contributed by atoms with Crippen molar-refractivity contribution in [2.24, 2.45) is 0 Å². The zero-order valence-corrected chi connectivity index (χ0v) is 12.0. The number of aromatic amines is 1. The van der Waals surface area contributed by atoms with Gasteiger partial charge in [0.05, 0.1) is 5.69 Å². The van der Waals surface area contributed by atoms with Crippen molar-refractivity contribution in [1.29, 1.82) is 0 Å². The third-order valence-electron chi connectivity index (χ3n) is 3.26. The Kier molecular flexibility index (Phi) is 4.03. The zero-order chi connectivity index (χ0) is 14.7. The molecule has 0 bridgehead atoms. The minimum absolute atomic E-state index is 0.114. The molecule has 0 aromatic carbocycles. The number of hydrogen-bond acceptors (Lipinski definition) is 3. The first-order valence-electron chi connectivity index (χ1n) is 6.56. The largest absolute Gasteiger partial charge is 0.364 e. The van der Waals surface area contributed by atoms with Gasteiger partial charge in [0.25, 0.3) is 0 Å². The highest BCUT2D eigenvalue weighted by molar-refractivity contribution is 5.64. The number of anilines is 1. The molecule has 2 N–H and O–H groups in total. The Labute approximate surface area is 118 Å². The number of nitrogens with zero attached hydrogens (tertiary/aromatic N) is 1. The first-order valence-corrected chi connectivity index (χ1v) is 6.56. The molecule has 2 rings (SSSR count). The standard InChI is InChI=1S/C16H19N3O/c1-10(2)12(4)18-14-7-5-11(3)16(19-14)13-6-8-15(20)17-9-13/h5-9,12H,1H2,2-4H3,(H,17,20)(H,18,19)/t12-/m0/s1. The van der Waals surface area contributed by atoms with Gasteiger partial charge in [0.2, 0.25) is 5.56 Å². The molecule has 0 aliphatic heterocycles. The highest BCUT2D eigenvalue weighted by Crippen LogP contribution is 2.22. The van der Waals surface area contributed by atoms with Crippen molar-refractivity contribution in [3.63, 3.8) is 0 Å². The minimum Gasteiger partial charge on any atom is -0.364 e. The molecule has 4 heteroatoms. The second-order valence-corrected chi connectivity index (χ2v) is 5.02. The molecule has 0 fully saturated rings. The fourth-order valence-electron chi connectivity index (χ4n) is 1.80. The molecule has 0 aliphatic carbocycles. The molecule has 2 heterocycles. The quantitative estimate of drug-likeness (QED) is 0.838. The predicted molar refractivity (Wildman–Crippen MR) is 82.9 cm³/mol. The molecular weight excluding hydrogens is 250 g/mol. The normalized spacial score (nSPS) is 11.9. The van der Waals surface area contributed by atoms with Crippen molar-refractivity contribution < 1.29 is 0 Å². The van der Waals surface area contributed by atoms with E-state index >= 15 is 0 Å². The average molecular weight is 269 g/mol. The monoisotopic (exact) mass is 269 g/mol. The number of H-pyrrole nitrogens is 1. The van der Waals surface area contributed by atoms with Crippen molar-refractivity contribution in [2.75, 3.05) is 5.32 Å². The second-order valence-electron chi connectivity index (χ2n) is 5.02. The van der Waals surface area contributed by atoms with Crippen molar-refractivity contribution in [3.05, 3.63) is 58.5 Å². The Bertz CT molecular complexity index is 668. The topological polar surface area (TPSA) is 57.8 Å². The van der Waals surface area contributed by atoms with Gasteiger partial charge in [0.15, 0.2) is 0 Å². The molecule has 0 spiro atoms. The molecule has 2 aromatic heterocycles. The van der Waals surface area contributed by atoms with Crippen molar-refractivity contribution in [3.8, 4) is 11.3 Å². The maximum atomic E-state index is 11.1. The van der Waals surface area contributed by atoms with E-state index in [9.17, 15) is 4.79 Å². The molecule has 0 radical (unpaired) electrons. The van der Waals surface area contributed by atoms with Crippen molar-refractivity contribution >= 4 is 5.82 Å². The number of aryl methyl sites for hydroxylation is 1. The summed E-state index contributed by atoms with van der Waals surface area (Å²) in [5.74, 6) is 0.798. The van der Waals surface area contributed by atoms with E-state index in [1.54, 1.807) is 12.3 Å². The zero-order valence-electron chi connectivity index (χ0n) is 12.0. The van der Waals surface area contributed by atoms with E-state index in [4.69, 9.17) is 0 Å². The van der Waals surface area contributed by atoms with Gasteiger partial charge in [-0.25, -0.2) is 4.98 Å². The van der Waals surface area contributed by atoms with Crippen LogP contribution in [0.4, 0.5) is 5.82 Å². The van der Waals surface area contributed by atoms with Gasteiger partial charge in [0.1, 0.15) is 5.82 Å². The summed E-state index contributed by atoms with van der Waals surface area (Å²) >= 11 is 0. The highest BCUT2D eigenvalue weighted by Gasteiger charge is 2.08. The van der Waals surface area contributed by atoms with Gasteiger partial charge in [-0.3, -0.25) is 4.79 Å². The lowest BCUT2D eigenvalue weighted by molar-refractivity contribution is 0.917. The summed E-state index contributed by atoms with van der Waals surface area (Å²) in [6.45, 7) is 9.95. The Morgan fingerprint density at radius 2 is 2.10 bits per heavy atom. The van der Waals surface area contributed by atoms with Gasteiger partial charge in [-0.2, -0.15) is 0 Å². The molecule has 0 unspecified atom stereocenters. The van der Waals surface area contributed by atoms with E-state index in [-0.39, 0.29) is 11.6 Å². The van der Waals surface area contributed by atoms with Gasteiger partial charge in [-0.05, 0) is 38.5 Å². The van der Waals surface area contributed by atoms with Crippen LogP contribution in [0.2, 0.25) is 0 Å². The van der Waals surface area contributed by atoms with E-state index in [1.807, 2.05) is 32.9 Å². The fourth-order valence-corrected chi connectivity index (χ4v) is 1.80. The molecule has 0 saturated heterocycles. The van der Waals surface area contributed by atoms with E-state index in [0.717, 1.165) is 28.2 Å². The summed E-state index contributed by atoms with van der Waals surface area (Å²) < 4.78 is 0. The van der Waals surface area contributed by atoms with E-state index in [2.05, 4.69) is 21.9 Å². The number of aromatic nitrogens is 2. The molecule has 2 aromatic rings. The van der Waals surface area contributed by atoms with Crippen LogP contribution in [0.5, 0.6) is 0 Å².